The number of aryl methyl sites for hydroxylation is 2. The Morgan fingerprint density at radius 3 is 2.95 bits per heavy atom. The molecular weight excluding hydrogens is 284 g/mol. The number of carbonyl (C=O) groups is 2. The van der Waals surface area contributed by atoms with Gasteiger partial charge in [0.1, 0.15) is 6.61 Å². The molecule has 0 bridgehead atoms. The van der Waals surface area contributed by atoms with Crippen LogP contribution < -0.4 is 5.32 Å². The first-order chi connectivity index (χ1) is 10.6. The third-order valence-corrected chi connectivity index (χ3v) is 3.34. The highest BCUT2D eigenvalue weighted by molar-refractivity contribution is 5.84. The van der Waals surface area contributed by atoms with Gasteiger partial charge in [-0.3, -0.25) is 4.79 Å². The predicted octanol–water partition coefficient (Wildman–Crippen LogP) is 1.63. The SMILES string of the molecule is Cc1ccc2[nH]cc(CCC(=O)NCCOCC(=O)O)c2c1. The van der Waals surface area contributed by atoms with Crippen LogP contribution in [0.5, 0.6) is 0 Å². The Morgan fingerprint density at radius 1 is 1.36 bits per heavy atom. The van der Waals surface area contributed by atoms with Crippen molar-refractivity contribution >= 4 is 22.8 Å². The fourth-order valence-electron chi connectivity index (χ4n) is 2.26. The molecule has 0 fully saturated rings. The highest BCUT2D eigenvalue weighted by Gasteiger charge is 2.07. The average Bonchev–Trinajstić information content (AvgIpc) is 2.86. The lowest BCUT2D eigenvalue weighted by Gasteiger charge is -2.05. The lowest BCUT2D eigenvalue weighted by Crippen LogP contribution is -2.28. The van der Waals surface area contributed by atoms with Crippen LogP contribution in [0, 0.1) is 6.92 Å². The summed E-state index contributed by atoms with van der Waals surface area (Å²) in [4.78, 5) is 25.2. The molecule has 0 saturated carbocycles. The highest BCUT2D eigenvalue weighted by atomic mass is 16.5. The average molecular weight is 304 g/mol. The number of hydrogen-bond donors (Lipinski definition) is 3. The van der Waals surface area contributed by atoms with Crippen LogP contribution in [0.3, 0.4) is 0 Å². The van der Waals surface area contributed by atoms with Gasteiger partial charge in [0.15, 0.2) is 0 Å². The lowest BCUT2D eigenvalue weighted by molar-refractivity contribution is -0.142. The zero-order valence-electron chi connectivity index (χ0n) is 12.5. The largest absolute Gasteiger partial charge is 0.480 e. The van der Waals surface area contributed by atoms with E-state index in [-0.39, 0.29) is 19.1 Å². The van der Waals surface area contributed by atoms with Crippen LogP contribution in [0.2, 0.25) is 0 Å². The molecule has 6 heteroatoms. The van der Waals surface area contributed by atoms with Gasteiger partial charge in [0.05, 0.1) is 6.61 Å². The molecule has 0 unspecified atom stereocenters. The van der Waals surface area contributed by atoms with Crippen molar-refractivity contribution in [1.29, 1.82) is 0 Å². The van der Waals surface area contributed by atoms with Gasteiger partial charge < -0.3 is 20.1 Å². The summed E-state index contributed by atoms with van der Waals surface area (Å²) in [5.41, 5.74) is 3.38. The smallest absolute Gasteiger partial charge is 0.329 e. The van der Waals surface area contributed by atoms with Crippen molar-refractivity contribution in [2.75, 3.05) is 19.8 Å². The Hall–Kier alpha value is -2.34. The van der Waals surface area contributed by atoms with Crippen LogP contribution in [0.15, 0.2) is 24.4 Å². The first-order valence-electron chi connectivity index (χ1n) is 7.19. The summed E-state index contributed by atoms with van der Waals surface area (Å²) in [6.07, 6.45) is 2.98. The normalized spacial score (nSPS) is 10.8. The zero-order chi connectivity index (χ0) is 15.9. The maximum absolute atomic E-state index is 11.7. The number of rotatable bonds is 8. The summed E-state index contributed by atoms with van der Waals surface area (Å²) in [6.45, 7) is 2.22. The number of nitrogens with one attached hydrogen (secondary N) is 2. The second-order valence-electron chi connectivity index (χ2n) is 5.16. The number of amides is 1. The van der Waals surface area contributed by atoms with E-state index in [9.17, 15) is 9.59 Å². The molecule has 1 aromatic heterocycles. The number of carbonyl (C=O) groups excluding carboxylic acids is 1. The van der Waals surface area contributed by atoms with Gasteiger partial charge in [-0.05, 0) is 31.0 Å². The summed E-state index contributed by atoms with van der Waals surface area (Å²) < 4.78 is 4.85. The van der Waals surface area contributed by atoms with Crippen LogP contribution in [0.25, 0.3) is 10.9 Å². The van der Waals surface area contributed by atoms with E-state index in [1.165, 1.54) is 5.56 Å². The number of ether oxygens (including phenoxy) is 1. The van der Waals surface area contributed by atoms with Gasteiger partial charge >= 0.3 is 5.97 Å². The first kappa shape index (κ1) is 16.0. The molecule has 0 atom stereocenters. The molecular formula is C16H20N2O4. The lowest BCUT2D eigenvalue weighted by atomic mass is 10.1. The van der Waals surface area contributed by atoms with Gasteiger partial charge in [-0.25, -0.2) is 4.79 Å². The van der Waals surface area contributed by atoms with Crippen molar-refractivity contribution in [2.24, 2.45) is 0 Å². The molecule has 22 heavy (non-hydrogen) atoms. The van der Waals surface area contributed by atoms with E-state index in [4.69, 9.17) is 9.84 Å². The van der Waals surface area contributed by atoms with Crippen molar-refractivity contribution < 1.29 is 19.4 Å². The van der Waals surface area contributed by atoms with Gasteiger partial charge in [0.2, 0.25) is 5.91 Å². The Bertz CT molecular complexity index is 663. The molecule has 0 radical (unpaired) electrons. The van der Waals surface area contributed by atoms with Crippen LogP contribution in [0.4, 0.5) is 0 Å². The molecule has 1 amide bonds. The third-order valence-electron chi connectivity index (χ3n) is 3.34. The molecule has 6 nitrogen and oxygen atoms in total. The summed E-state index contributed by atoms with van der Waals surface area (Å²) in [5, 5.41) is 12.3. The minimum absolute atomic E-state index is 0.0686. The Labute approximate surface area is 128 Å². The van der Waals surface area contributed by atoms with Crippen LogP contribution in [0.1, 0.15) is 17.5 Å². The summed E-state index contributed by atoms with van der Waals surface area (Å²) >= 11 is 0. The fraction of sp³-hybridized carbons (Fsp3) is 0.375. The van der Waals surface area contributed by atoms with Gasteiger partial charge in [-0.15, -0.1) is 0 Å². The molecule has 0 saturated heterocycles. The Kier molecular flexibility index (Phi) is 5.55. The minimum atomic E-state index is -1.01. The van der Waals surface area contributed by atoms with Crippen LogP contribution >= 0.6 is 0 Å². The van der Waals surface area contributed by atoms with Crippen molar-refractivity contribution in [1.82, 2.24) is 10.3 Å². The van der Waals surface area contributed by atoms with Crippen molar-refractivity contribution in [3.05, 3.63) is 35.5 Å². The van der Waals surface area contributed by atoms with Gasteiger partial charge in [-0.1, -0.05) is 11.6 Å². The van der Waals surface area contributed by atoms with E-state index in [1.54, 1.807) is 0 Å². The van der Waals surface area contributed by atoms with E-state index < -0.39 is 5.97 Å². The Morgan fingerprint density at radius 2 is 2.18 bits per heavy atom. The standard InChI is InChI=1S/C16H20N2O4/c1-11-2-4-14-13(8-11)12(9-18-14)3-5-15(19)17-6-7-22-10-16(20)21/h2,4,8-9,18H,3,5-7,10H2,1H3,(H,17,19)(H,20,21). The first-order valence-corrected chi connectivity index (χ1v) is 7.19. The number of H-pyrrole nitrogens is 1. The monoisotopic (exact) mass is 304 g/mol. The summed E-state index contributed by atoms with van der Waals surface area (Å²) in [7, 11) is 0. The Balaban J connectivity index is 1.76. The van der Waals surface area contributed by atoms with E-state index in [0.717, 1.165) is 16.5 Å². The molecule has 118 valence electrons. The van der Waals surface area contributed by atoms with Crippen molar-refractivity contribution in [2.45, 2.75) is 19.8 Å². The van der Waals surface area contributed by atoms with E-state index >= 15 is 0 Å². The molecule has 0 aliphatic carbocycles. The van der Waals surface area contributed by atoms with Gasteiger partial charge in [0, 0.05) is 30.1 Å². The summed E-state index contributed by atoms with van der Waals surface area (Å²) in [5.74, 6) is -1.08. The van der Waals surface area contributed by atoms with Crippen LogP contribution in [-0.2, 0) is 20.7 Å². The number of carboxylic acid groups (broad SMARTS) is 1. The molecule has 0 aliphatic heterocycles. The van der Waals surface area contributed by atoms with E-state index in [1.807, 2.05) is 25.3 Å². The van der Waals surface area contributed by atoms with E-state index in [2.05, 4.69) is 16.4 Å². The molecule has 1 heterocycles. The van der Waals surface area contributed by atoms with Gasteiger partial charge in [-0.2, -0.15) is 0 Å². The minimum Gasteiger partial charge on any atom is -0.480 e. The molecule has 2 rings (SSSR count). The number of fused-ring (bicyclic) bond motifs is 1. The maximum atomic E-state index is 11.7. The predicted molar refractivity (Wildman–Crippen MR) is 82.8 cm³/mol. The summed E-state index contributed by atoms with van der Waals surface area (Å²) in [6, 6.07) is 6.19. The number of carboxylic acids is 1. The highest BCUT2D eigenvalue weighted by Crippen LogP contribution is 2.20. The van der Waals surface area contributed by atoms with Crippen molar-refractivity contribution in [3.63, 3.8) is 0 Å². The molecule has 2 aromatic rings. The van der Waals surface area contributed by atoms with E-state index in [0.29, 0.717) is 19.4 Å². The zero-order valence-corrected chi connectivity index (χ0v) is 12.5. The number of hydrogen-bond acceptors (Lipinski definition) is 3. The second-order valence-corrected chi connectivity index (χ2v) is 5.16. The third kappa shape index (κ3) is 4.60. The van der Waals surface area contributed by atoms with Gasteiger partial charge in [0.25, 0.3) is 0 Å². The second kappa shape index (κ2) is 7.61. The number of aromatic amines is 1. The molecule has 0 aliphatic rings. The topological polar surface area (TPSA) is 91.4 Å². The maximum Gasteiger partial charge on any atom is 0.329 e. The molecule has 3 N–H and O–H groups in total. The number of aromatic nitrogens is 1. The van der Waals surface area contributed by atoms with Crippen molar-refractivity contribution in [3.8, 4) is 0 Å². The number of aliphatic carboxylic acids is 1. The molecule has 0 spiro atoms. The van der Waals surface area contributed by atoms with Crippen LogP contribution in [-0.4, -0.2) is 41.7 Å². The number of benzene rings is 1. The molecule has 1 aromatic carbocycles. The fourth-order valence-corrected chi connectivity index (χ4v) is 2.26. The quantitative estimate of drug-likeness (QED) is 0.646.